The van der Waals surface area contributed by atoms with Crippen molar-refractivity contribution in [3.63, 3.8) is 0 Å². The van der Waals surface area contributed by atoms with E-state index in [2.05, 4.69) is 20.2 Å². The quantitative estimate of drug-likeness (QED) is 0.712. The first-order valence-corrected chi connectivity index (χ1v) is 9.26. The van der Waals surface area contributed by atoms with Gasteiger partial charge in [-0.2, -0.15) is 5.10 Å². The lowest BCUT2D eigenvalue weighted by Crippen LogP contribution is -2.44. The molecule has 0 radical (unpaired) electrons. The summed E-state index contributed by atoms with van der Waals surface area (Å²) in [5.41, 5.74) is 1.83. The second-order valence-electron chi connectivity index (χ2n) is 6.68. The maximum atomic E-state index is 12.9. The third kappa shape index (κ3) is 4.18. The smallest absolute Gasteiger partial charge is 0.316 e. The van der Waals surface area contributed by atoms with Crippen molar-refractivity contribution in [3.8, 4) is 23.0 Å². The van der Waals surface area contributed by atoms with E-state index < -0.39 is 5.82 Å². The van der Waals surface area contributed by atoms with E-state index in [0.29, 0.717) is 30.2 Å². The fourth-order valence-corrected chi connectivity index (χ4v) is 3.33. The Labute approximate surface area is 166 Å². The maximum Gasteiger partial charge on any atom is 0.316 e. The van der Waals surface area contributed by atoms with Gasteiger partial charge in [-0.1, -0.05) is 12.1 Å². The molecule has 1 aliphatic heterocycles. The van der Waals surface area contributed by atoms with Crippen molar-refractivity contribution in [2.75, 3.05) is 20.2 Å². The van der Waals surface area contributed by atoms with Gasteiger partial charge in [0.1, 0.15) is 17.5 Å². The zero-order valence-corrected chi connectivity index (χ0v) is 15.8. The van der Waals surface area contributed by atoms with Crippen LogP contribution in [0.1, 0.15) is 23.3 Å². The summed E-state index contributed by atoms with van der Waals surface area (Å²) in [5, 5.41) is 7.09. The normalized spacial score (nSPS) is 16.5. The molecule has 1 N–H and O–H groups in total. The van der Waals surface area contributed by atoms with Crippen molar-refractivity contribution in [2.24, 2.45) is 0 Å². The van der Waals surface area contributed by atoms with E-state index in [-0.39, 0.29) is 18.0 Å². The summed E-state index contributed by atoms with van der Waals surface area (Å²) in [7, 11) is 1.59. The summed E-state index contributed by atoms with van der Waals surface area (Å²) in [6.07, 6.45) is 3.40. The van der Waals surface area contributed by atoms with Crippen molar-refractivity contribution in [3.05, 3.63) is 54.2 Å². The minimum Gasteiger partial charge on any atom is -0.496 e. The number of para-hydroxylation sites is 1. The first kappa shape index (κ1) is 18.9. The molecule has 1 aliphatic rings. The molecule has 29 heavy (non-hydrogen) atoms. The lowest BCUT2D eigenvalue weighted by atomic mass is 10.1. The molecule has 8 nitrogen and oxygen atoms in total. The third-order valence-electron chi connectivity index (χ3n) is 4.73. The van der Waals surface area contributed by atoms with E-state index in [1.165, 1.54) is 0 Å². The number of hydrogen-bond acceptors (Lipinski definition) is 6. The molecule has 3 aromatic rings. The van der Waals surface area contributed by atoms with E-state index in [1.807, 2.05) is 24.3 Å². The number of nitrogens with zero attached hydrogens (tertiary/aromatic N) is 4. The average molecular weight is 397 g/mol. The highest BCUT2D eigenvalue weighted by Gasteiger charge is 2.27. The molecule has 1 saturated heterocycles. The molecule has 1 fully saturated rings. The van der Waals surface area contributed by atoms with Crippen LogP contribution in [0.25, 0.3) is 11.3 Å². The van der Waals surface area contributed by atoms with Crippen LogP contribution in [-0.4, -0.2) is 57.3 Å². The molecule has 150 valence electrons. The van der Waals surface area contributed by atoms with Crippen LogP contribution in [0.3, 0.4) is 0 Å². The Kier molecular flexibility index (Phi) is 5.37. The van der Waals surface area contributed by atoms with Gasteiger partial charge in [0.2, 0.25) is 0 Å². The molecule has 4 rings (SSSR count). The van der Waals surface area contributed by atoms with E-state index >= 15 is 0 Å². The molecule has 0 unspecified atom stereocenters. The molecule has 1 atom stereocenters. The second-order valence-corrected chi connectivity index (χ2v) is 6.68. The summed E-state index contributed by atoms with van der Waals surface area (Å²) < 4.78 is 24.0. The number of amides is 1. The van der Waals surface area contributed by atoms with Crippen molar-refractivity contribution in [2.45, 2.75) is 18.9 Å². The number of likely N-dealkylation sites (tertiary alicyclic amines) is 1. The van der Waals surface area contributed by atoms with E-state index in [1.54, 1.807) is 18.1 Å². The minimum absolute atomic E-state index is 0.102. The summed E-state index contributed by atoms with van der Waals surface area (Å²) in [5.74, 6) is -0.00130. The Morgan fingerprint density at radius 2 is 2.07 bits per heavy atom. The van der Waals surface area contributed by atoms with Gasteiger partial charge < -0.3 is 14.4 Å². The van der Waals surface area contributed by atoms with Gasteiger partial charge >= 0.3 is 6.01 Å². The number of benzene rings is 1. The van der Waals surface area contributed by atoms with Gasteiger partial charge in [0.05, 0.1) is 31.7 Å². The predicted octanol–water partition coefficient (Wildman–Crippen LogP) is 2.70. The maximum absolute atomic E-state index is 12.9. The van der Waals surface area contributed by atoms with Crippen molar-refractivity contribution in [1.29, 1.82) is 0 Å². The Morgan fingerprint density at radius 3 is 2.86 bits per heavy atom. The van der Waals surface area contributed by atoms with Gasteiger partial charge in [0, 0.05) is 12.1 Å². The number of piperidine rings is 1. The number of hydrogen-bond donors (Lipinski definition) is 1. The number of methoxy groups -OCH3 is 1. The number of aromatic nitrogens is 4. The van der Waals surface area contributed by atoms with E-state index in [0.717, 1.165) is 30.8 Å². The molecule has 1 aromatic carbocycles. The highest BCUT2D eigenvalue weighted by molar-refractivity contribution is 5.93. The van der Waals surface area contributed by atoms with Crippen LogP contribution in [0.15, 0.2) is 42.7 Å². The zero-order chi connectivity index (χ0) is 20.2. The highest BCUT2D eigenvalue weighted by Crippen LogP contribution is 2.28. The number of carbonyl (C=O) groups is 1. The monoisotopic (exact) mass is 397 g/mol. The number of rotatable bonds is 5. The fraction of sp³-hybridized carbons (Fsp3) is 0.300. The summed E-state index contributed by atoms with van der Waals surface area (Å²) >= 11 is 0. The van der Waals surface area contributed by atoms with Gasteiger partial charge in [0.15, 0.2) is 5.82 Å². The van der Waals surface area contributed by atoms with Gasteiger partial charge in [-0.05, 0) is 31.0 Å². The fourth-order valence-electron chi connectivity index (χ4n) is 3.33. The van der Waals surface area contributed by atoms with Crippen LogP contribution in [0.2, 0.25) is 0 Å². The van der Waals surface area contributed by atoms with Gasteiger partial charge in [-0.15, -0.1) is 0 Å². The van der Waals surface area contributed by atoms with E-state index in [4.69, 9.17) is 9.47 Å². The van der Waals surface area contributed by atoms with E-state index in [9.17, 15) is 9.18 Å². The molecule has 0 spiro atoms. The standard InChI is InChI=1S/C20H20FN5O3/c1-28-18-7-3-2-6-15(18)16-9-17(25-24-16)19(27)26-8-4-5-14(12-26)29-20-22-10-13(21)11-23-20/h2-3,6-7,9-11,14H,4-5,8,12H2,1H3,(H,24,25)/t14-/m0/s1. The lowest BCUT2D eigenvalue weighted by molar-refractivity contribution is 0.0510. The molecule has 0 bridgehead atoms. The molecular formula is C20H20FN5O3. The molecule has 3 heterocycles. The summed E-state index contributed by atoms with van der Waals surface area (Å²) in [6.45, 7) is 1.01. The zero-order valence-electron chi connectivity index (χ0n) is 15.8. The minimum atomic E-state index is -0.525. The summed E-state index contributed by atoms with van der Waals surface area (Å²) in [6, 6.07) is 9.31. The van der Waals surface area contributed by atoms with Crippen molar-refractivity contribution < 1.29 is 18.7 Å². The number of nitrogens with one attached hydrogen (secondary N) is 1. The molecule has 0 saturated carbocycles. The number of carbonyl (C=O) groups excluding carboxylic acids is 1. The van der Waals surface area contributed by atoms with Crippen molar-refractivity contribution in [1.82, 2.24) is 25.1 Å². The Bertz CT molecular complexity index is 992. The average Bonchev–Trinajstić information content (AvgIpc) is 3.25. The van der Waals surface area contributed by atoms with Gasteiger partial charge in [-0.25, -0.2) is 14.4 Å². The summed E-state index contributed by atoms with van der Waals surface area (Å²) in [4.78, 5) is 22.3. The molecule has 2 aromatic heterocycles. The number of ether oxygens (including phenoxy) is 2. The van der Waals surface area contributed by atoms with Crippen LogP contribution >= 0.6 is 0 Å². The van der Waals surface area contributed by atoms with Crippen LogP contribution in [0.4, 0.5) is 4.39 Å². The second kappa shape index (κ2) is 8.26. The SMILES string of the molecule is COc1ccccc1-c1cc(C(=O)N2CCC[C@H](Oc3ncc(F)cn3)C2)[nH]n1. The molecule has 1 amide bonds. The molecular weight excluding hydrogens is 377 g/mol. The van der Waals surface area contributed by atoms with Crippen LogP contribution in [-0.2, 0) is 0 Å². The van der Waals surface area contributed by atoms with Crippen molar-refractivity contribution >= 4 is 5.91 Å². The molecule has 0 aliphatic carbocycles. The number of halogens is 1. The van der Waals surface area contributed by atoms with Crippen LogP contribution in [0, 0.1) is 5.82 Å². The van der Waals surface area contributed by atoms with Gasteiger partial charge in [-0.3, -0.25) is 9.89 Å². The lowest BCUT2D eigenvalue weighted by Gasteiger charge is -2.31. The number of H-pyrrole nitrogens is 1. The number of aromatic amines is 1. The first-order chi connectivity index (χ1) is 14.1. The Balaban J connectivity index is 1.45. The Morgan fingerprint density at radius 1 is 1.28 bits per heavy atom. The third-order valence-corrected chi connectivity index (χ3v) is 4.73. The topological polar surface area (TPSA) is 93.2 Å². The largest absolute Gasteiger partial charge is 0.496 e. The molecule has 9 heteroatoms. The van der Waals surface area contributed by atoms with Gasteiger partial charge in [0.25, 0.3) is 5.91 Å². The highest BCUT2D eigenvalue weighted by atomic mass is 19.1. The predicted molar refractivity (Wildman–Crippen MR) is 102 cm³/mol. The Hall–Kier alpha value is -3.49. The van der Waals surface area contributed by atoms with Crippen LogP contribution in [0.5, 0.6) is 11.8 Å². The van der Waals surface area contributed by atoms with Crippen LogP contribution < -0.4 is 9.47 Å². The first-order valence-electron chi connectivity index (χ1n) is 9.26.